The van der Waals surface area contributed by atoms with E-state index in [4.69, 9.17) is 40.3 Å². The Hall–Kier alpha value is -7.58. The maximum atomic E-state index is 14.5. The minimum atomic E-state index is -1.77. The molecule has 1 heterocycles. The molecule has 0 aromatic heterocycles. The molecule has 3 rings (SSSR count). The highest BCUT2D eigenvalue weighted by atomic mass is 35.5. The first-order valence-corrected chi connectivity index (χ1v) is 28.5. The zero-order valence-corrected chi connectivity index (χ0v) is 49.0. The number of benzene rings is 2. The number of aliphatic hydroxyl groups is 2. The van der Waals surface area contributed by atoms with Crippen LogP contribution in [-0.2, 0) is 54.4 Å². The van der Waals surface area contributed by atoms with E-state index in [0.29, 0.717) is 5.56 Å². The van der Waals surface area contributed by atoms with E-state index < -0.39 is 151 Å². The number of nitrogens with two attached hydrogens (primary N) is 5. The summed E-state index contributed by atoms with van der Waals surface area (Å²) >= 11 is 6.16. The standard InChI is InChI=1S/C54H86ClN17O13/c1-28(2)26-40-50(81)64-34(14-20-56)44(75)63-37(17-23-59)48(79)71-42(29(3)73)52(83)61-25-19-39(47(78)62-35(15-21-57)46(77)68-41(51(82)67-40)27-31-10-6-5-7-11-31)65-45(76)36(16-22-58)66-53(84)43(30(4)74)72-49(80)38(18-24-60)70-54(85)69-33-13-9-8-12-32(33)55/h5-13,28-30,34-43,73-74H,14-27,56-60H2,1-4H3,(H,61,83)(H,62,78)(H,63,75)(H,64,81)(H,65,76)(H,66,84)(H,67,82)(H,68,77)(H,71,79)(H,72,80)(H2,69,70,85)/t29-,30-,34+,35+,36?,37+,38?,39+,40+,41-,42+,43+/m1/s1. The topological polar surface area (TPSA) is 503 Å². The van der Waals surface area contributed by atoms with Crippen LogP contribution in [0.5, 0.6) is 0 Å². The van der Waals surface area contributed by atoms with Gasteiger partial charge in [-0.05, 0) is 115 Å². The van der Waals surface area contributed by atoms with Crippen molar-refractivity contribution in [1.82, 2.24) is 58.5 Å². The summed E-state index contributed by atoms with van der Waals surface area (Å²) in [5, 5.41) is 52.0. The SMILES string of the molecule is CC(C)C[C@@H]1NC(=O)[C@@H](Cc2ccccc2)NC(=O)[C@H](CCN)NC(=O)[C@@H](NC(=O)C(CCN)NC(=O)[C@@H](NC(=O)C(CCN)NC(=O)Nc2ccccc2Cl)[C@@H](C)O)CCNC(=O)[C@H]([C@@H](C)O)NC(=O)[C@H](CCN)NC(=O)[C@H](CCN)NC1=O. The average Bonchev–Trinajstić information content (AvgIpc) is 3.57. The highest BCUT2D eigenvalue weighted by molar-refractivity contribution is 6.33. The predicted molar refractivity (Wildman–Crippen MR) is 314 cm³/mol. The van der Waals surface area contributed by atoms with Crippen LogP contribution in [0.15, 0.2) is 54.6 Å². The molecule has 24 N–H and O–H groups in total. The van der Waals surface area contributed by atoms with E-state index in [2.05, 4.69) is 63.8 Å². The Labute approximate surface area is 498 Å². The van der Waals surface area contributed by atoms with E-state index in [-0.39, 0.29) is 94.3 Å². The fourth-order valence-corrected chi connectivity index (χ4v) is 8.93. The van der Waals surface area contributed by atoms with Crippen LogP contribution < -0.4 is 92.5 Å². The molecule has 472 valence electrons. The van der Waals surface area contributed by atoms with Crippen LogP contribution >= 0.6 is 11.6 Å². The molecule has 31 heteroatoms. The highest BCUT2D eigenvalue weighted by Gasteiger charge is 2.37. The summed E-state index contributed by atoms with van der Waals surface area (Å²) in [6.45, 7) is 4.59. The quantitative estimate of drug-likeness (QED) is 0.0466. The minimum Gasteiger partial charge on any atom is -0.391 e. The fourth-order valence-electron chi connectivity index (χ4n) is 8.75. The molecule has 85 heavy (non-hydrogen) atoms. The van der Waals surface area contributed by atoms with Crippen LogP contribution in [0.2, 0.25) is 5.02 Å². The lowest BCUT2D eigenvalue weighted by Crippen LogP contribution is -2.62. The van der Waals surface area contributed by atoms with E-state index >= 15 is 0 Å². The van der Waals surface area contributed by atoms with Gasteiger partial charge in [0.15, 0.2) is 0 Å². The van der Waals surface area contributed by atoms with Crippen molar-refractivity contribution in [3.8, 4) is 0 Å². The molecule has 30 nitrogen and oxygen atoms in total. The third-order valence-corrected chi connectivity index (χ3v) is 13.6. The van der Waals surface area contributed by atoms with Crippen molar-refractivity contribution in [2.75, 3.05) is 44.6 Å². The molecule has 0 spiro atoms. The summed E-state index contributed by atoms with van der Waals surface area (Å²) in [6.07, 6.45) is -4.78. The first kappa shape index (κ1) is 71.7. The third kappa shape index (κ3) is 24.1. The molecular formula is C54H86ClN17O13. The number of hydrogen-bond acceptors (Lipinski definition) is 18. The normalized spacial score (nSPS) is 22.4. The molecule has 1 saturated heterocycles. The summed E-state index contributed by atoms with van der Waals surface area (Å²) < 4.78 is 0. The second kappa shape index (κ2) is 37.0. The molecule has 2 unspecified atom stereocenters. The van der Waals surface area contributed by atoms with Crippen LogP contribution in [0.25, 0.3) is 0 Å². The predicted octanol–water partition coefficient (Wildman–Crippen LogP) is -5.49. The molecule has 12 atom stereocenters. The Morgan fingerprint density at radius 2 is 1.05 bits per heavy atom. The molecule has 0 saturated carbocycles. The molecule has 1 aliphatic heterocycles. The molecule has 1 aliphatic rings. The van der Waals surface area contributed by atoms with Crippen molar-refractivity contribution in [1.29, 1.82) is 0 Å². The van der Waals surface area contributed by atoms with Gasteiger partial charge in [0.2, 0.25) is 59.1 Å². The van der Waals surface area contributed by atoms with Crippen molar-refractivity contribution in [2.24, 2.45) is 34.6 Å². The molecule has 0 radical (unpaired) electrons. The van der Waals surface area contributed by atoms with E-state index in [1.807, 2.05) is 0 Å². The minimum absolute atomic E-state index is 0.0369. The molecule has 2 aromatic carbocycles. The maximum Gasteiger partial charge on any atom is 0.319 e. The first-order valence-electron chi connectivity index (χ1n) is 28.1. The number of carbonyl (C=O) groups excluding carboxylic acids is 11. The number of carbonyl (C=O) groups is 11. The molecular weight excluding hydrogens is 1130 g/mol. The summed E-state index contributed by atoms with van der Waals surface area (Å²) in [5.74, 6) is -9.81. The Morgan fingerprint density at radius 1 is 0.565 bits per heavy atom. The first-order chi connectivity index (χ1) is 40.4. The lowest BCUT2D eigenvalue weighted by atomic mass is 10.00. The Kier molecular flexibility index (Phi) is 31.2. The number of rotatable bonds is 24. The van der Waals surface area contributed by atoms with Crippen LogP contribution in [-0.4, -0.2) is 187 Å². The van der Waals surface area contributed by atoms with Crippen LogP contribution in [0.4, 0.5) is 10.5 Å². The zero-order valence-electron chi connectivity index (χ0n) is 48.3. The van der Waals surface area contributed by atoms with Gasteiger partial charge in [-0.25, -0.2) is 4.79 Å². The number of urea groups is 1. The van der Waals surface area contributed by atoms with Crippen LogP contribution in [0, 0.1) is 5.92 Å². The summed E-state index contributed by atoms with van der Waals surface area (Å²) in [6, 6.07) is -1.22. The molecule has 12 amide bonds. The second-order valence-electron chi connectivity index (χ2n) is 20.8. The molecule has 1 fully saturated rings. The van der Waals surface area contributed by atoms with E-state index in [1.54, 1.807) is 56.3 Å². The summed E-state index contributed by atoms with van der Waals surface area (Å²) in [4.78, 5) is 154. The number of hydrogen-bond donors (Lipinski definition) is 19. The molecule has 0 aliphatic carbocycles. The maximum absolute atomic E-state index is 14.5. The molecule has 2 aromatic rings. The van der Waals surface area contributed by atoms with Crippen molar-refractivity contribution in [3.63, 3.8) is 0 Å². The highest BCUT2D eigenvalue weighted by Crippen LogP contribution is 2.20. The Bertz CT molecular complexity index is 2570. The van der Waals surface area contributed by atoms with E-state index in [1.165, 1.54) is 26.0 Å². The van der Waals surface area contributed by atoms with Crippen molar-refractivity contribution >= 4 is 82.4 Å². The van der Waals surface area contributed by atoms with Gasteiger partial charge in [0.05, 0.1) is 22.9 Å². The van der Waals surface area contributed by atoms with Gasteiger partial charge in [-0.15, -0.1) is 0 Å². The number of anilines is 1. The number of amides is 12. The lowest BCUT2D eigenvalue weighted by molar-refractivity contribution is -0.136. The largest absolute Gasteiger partial charge is 0.391 e. The van der Waals surface area contributed by atoms with Gasteiger partial charge < -0.3 is 103 Å². The summed E-state index contributed by atoms with van der Waals surface area (Å²) in [7, 11) is 0. The van der Waals surface area contributed by atoms with Gasteiger partial charge in [0.1, 0.15) is 60.4 Å². The van der Waals surface area contributed by atoms with Crippen molar-refractivity contribution < 1.29 is 63.0 Å². The summed E-state index contributed by atoms with van der Waals surface area (Å²) in [5.41, 5.74) is 30.1. The monoisotopic (exact) mass is 1220 g/mol. The number of halogens is 1. The fraction of sp³-hybridized carbons (Fsp3) is 0.574. The van der Waals surface area contributed by atoms with Gasteiger partial charge in [0, 0.05) is 13.0 Å². The van der Waals surface area contributed by atoms with Crippen LogP contribution in [0.1, 0.15) is 78.2 Å². The van der Waals surface area contributed by atoms with Gasteiger partial charge in [-0.3, -0.25) is 47.9 Å². The van der Waals surface area contributed by atoms with Crippen molar-refractivity contribution in [3.05, 3.63) is 65.2 Å². The van der Waals surface area contributed by atoms with Gasteiger partial charge >= 0.3 is 6.03 Å². The van der Waals surface area contributed by atoms with E-state index in [9.17, 15) is 63.0 Å². The third-order valence-electron chi connectivity index (χ3n) is 13.3. The lowest BCUT2D eigenvalue weighted by Gasteiger charge is -2.29. The van der Waals surface area contributed by atoms with Gasteiger partial charge in [-0.2, -0.15) is 0 Å². The average molecular weight is 1220 g/mol. The number of nitrogens with one attached hydrogen (secondary N) is 12. The van der Waals surface area contributed by atoms with E-state index in [0.717, 1.165) is 0 Å². The molecule has 0 bridgehead atoms. The number of para-hydroxylation sites is 1. The van der Waals surface area contributed by atoms with Gasteiger partial charge in [-0.1, -0.05) is 67.9 Å². The smallest absolute Gasteiger partial charge is 0.319 e. The Morgan fingerprint density at radius 3 is 1.56 bits per heavy atom. The zero-order chi connectivity index (χ0) is 63.3. The van der Waals surface area contributed by atoms with Crippen LogP contribution in [0.3, 0.4) is 0 Å². The van der Waals surface area contributed by atoms with Crippen molar-refractivity contribution in [2.45, 2.75) is 152 Å². The Balaban J connectivity index is 2.08. The van der Waals surface area contributed by atoms with Gasteiger partial charge in [0.25, 0.3) is 0 Å². The number of aliphatic hydroxyl groups excluding tert-OH is 2. The second-order valence-corrected chi connectivity index (χ2v) is 21.2.